The van der Waals surface area contributed by atoms with Gasteiger partial charge in [-0.05, 0) is 56.6 Å². The van der Waals surface area contributed by atoms with E-state index in [9.17, 15) is 0 Å². The maximum Gasteiger partial charge on any atom is 0.160 e. The van der Waals surface area contributed by atoms with E-state index in [0.29, 0.717) is 11.9 Å². The molecule has 0 amide bonds. The second-order valence-electron chi connectivity index (χ2n) is 6.30. The third-order valence-electron chi connectivity index (χ3n) is 4.58. The molecule has 20 heavy (non-hydrogen) atoms. The SMILES string of the molecule is Cc1ccc2nc(CCCl)n(C(C3CC3)C3CC3)c2n1. The molecule has 3 nitrogen and oxygen atoms in total. The van der Waals surface area contributed by atoms with E-state index < -0.39 is 0 Å². The first-order valence-corrected chi connectivity index (χ1v) is 8.22. The fraction of sp³-hybridized carbons (Fsp3) is 0.625. The second-order valence-corrected chi connectivity index (χ2v) is 6.68. The number of rotatable bonds is 5. The summed E-state index contributed by atoms with van der Waals surface area (Å²) in [6, 6.07) is 4.77. The molecular weight excluding hydrogens is 270 g/mol. The van der Waals surface area contributed by atoms with E-state index in [0.717, 1.165) is 40.9 Å². The van der Waals surface area contributed by atoms with Crippen LogP contribution in [0.5, 0.6) is 0 Å². The van der Waals surface area contributed by atoms with Gasteiger partial charge >= 0.3 is 0 Å². The predicted octanol–water partition coefficient (Wildman–Crippen LogP) is 3.88. The van der Waals surface area contributed by atoms with Crippen molar-refractivity contribution in [3.8, 4) is 0 Å². The molecular formula is C16H20ClN3. The fourth-order valence-corrected chi connectivity index (χ4v) is 3.54. The topological polar surface area (TPSA) is 30.7 Å². The molecule has 4 heteroatoms. The van der Waals surface area contributed by atoms with Crippen LogP contribution < -0.4 is 0 Å². The smallest absolute Gasteiger partial charge is 0.160 e. The molecule has 106 valence electrons. The molecule has 0 radical (unpaired) electrons. The molecule has 0 saturated heterocycles. The number of aromatic nitrogens is 3. The van der Waals surface area contributed by atoms with Crippen molar-refractivity contribution in [2.75, 3.05) is 5.88 Å². The van der Waals surface area contributed by atoms with Gasteiger partial charge in [0.05, 0.1) is 0 Å². The van der Waals surface area contributed by atoms with Gasteiger partial charge in [0.2, 0.25) is 0 Å². The molecule has 0 aromatic carbocycles. The normalized spacial score (nSPS) is 19.1. The van der Waals surface area contributed by atoms with Gasteiger partial charge in [-0.2, -0.15) is 0 Å². The molecule has 0 spiro atoms. The van der Waals surface area contributed by atoms with Crippen LogP contribution in [-0.2, 0) is 6.42 Å². The van der Waals surface area contributed by atoms with Crippen LogP contribution in [0.3, 0.4) is 0 Å². The highest BCUT2D eigenvalue weighted by Gasteiger charge is 2.44. The van der Waals surface area contributed by atoms with Crippen molar-refractivity contribution in [2.24, 2.45) is 11.8 Å². The molecule has 0 atom stereocenters. The number of pyridine rings is 1. The third-order valence-corrected chi connectivity index (χ3v) is 4.76. The standard InChI is InChI=1S/C16H20ClN3/c1-10-2-7-13-16(18-10)20(14(19-13)8-9-17)15(11-3-4-11)12-5-6-12/h2,7,11-12,15H,3-6,8-9H2,1H3. The van der Waals surface area contributed by atoms with Crippen molar-refractivity contribution in [1.82, 2.24) is 14.5 Å². The lowest BCUT2D eigenvalue weighted by Crippen LogP contribution is -2.17. The van der Waals surface area contributed by atoms with E-state index in [1.165, 1.54) is 25.7 Å². The number of fused-ring (bicyclic) bond motifs is 1. The number of hydrogen-bond acceptors (Lipinski definition) is 2. The van der Waals surface area contributed by atoms with Gasteiger partial charge in [0.1, 0.15) is 11.3 Å². The van der Waals surface area contributed by atoms with Crippen molar-refractivity contribution < 1.29 is 0 Å². The van der Waals surface area contributed by atoms with Crippen LogP contribution in [0.15, 0.2) is 12.1 Å². The maximum absolute atomic E-state index is 5.99. The Morgan fingerprint density at radius 3 is 2.50 bits per heavy atom. The number of imidazole rings is 1. The Morgan fingerprint density at radius 2 is 1.90 bits per heavy atom. The molecule has 2 aliphatic carbocycles. The summed E-state index contributed by atoms with van der Waals surface area (Å²) in [6.07, 6.45) is 6.31. The summed E-state index contributed by atoms with van der Waals surface area (Å²) in [5.74, 6) is 3.45. The molecule has 0 N–H and O–H groups in total. The van der Waals surface area contributed by atoms with E-state index in [2.05, 4.69) is 17.6 Å². The van der Waals surface area contributed by atoms with Gasteiger partial charge < -0.3 is 4.57 Å². The monoisotopic (exact) mass is 289 g/mol. The molecule has 2 saturated carbocycles. The van der Waals surface area contributed by atoms with Crippen LogP contribution in [0.1, 0.15) is 43.2 Å². The number of nitrogens with zero attached hydrogens (tertiary/aromatic N) is 3. The lowest BCUT2D eigenvalue weighted by atomic mass is 10.1. The number of hydrogen-bond donors (Lipinski definition) is 0. The van der Waals surface area contributed by atoms with E-state index in [1.807, 2.05) is 6.07 Å². The quantitative estimate of drug-likeness (QED) is 0.782. The minimum absolute atomic E-state index is 0.618. The van der Waals surface area contributed by atoms with Crippen molar-refractivity contribution in [1.29, 1.82) is 0 Å². The highest BCUT2D eigenvalue weighted by Crippen LogP contribution is 2.53. The zero-order valence-electron chi connectivity index (χ0n) is 11.8. The van der Waals surface area contributed by atoms with Crippen molar-refractivity contribution in [2.45, 2.75) is 45.1 Å². The lowest BCUT2D eigenvalue weighted by molar-refractivity contribution is 0.391. The Labute approximate surface area is 124 Å². The molecule has 0 aliphatic heterocycles. The van der Waals surface area contributed by atoms with Crippen molar-refractivity contribution >= 4 is 22.8 Å². The van der Waals surface area contributed by atoms with E-state index in [4.69, 9.17) is 21.6 Å². The minimum Gasteiger partial charge on any atom is -0.309 e. The van der Waals surface area contributed by atoms with E-state index in [1.54, 1.807) is 0 Å². The van der Waals surface area contributed by atoms with Gasteiger partial charge in [-0.3, -0.25) is 0 Å². The van der Waals surface area contributed by atoms with Crippen LogP contribution in [0.25, 0.3) is 11.2 Å². The van der Waals surface area contributed by atoms with Crippen molar-refractivity contribution in [3.63, 3.8) is 0 Å². The summed E-state index contributed by atoms with van der Waals surface area (Å²) in [5.41, 5.74) is 3.18. The highest BCUT2D eigenvalue weighted by atomic mass is 35.5. The Morgan fingerprint density at radius 1 is 1.20 bits per heavy atom. The minimum atomic E-state index is 0.618. The average molecular weight is 290 g/mol. The summed E-state index contributed by atoms with van der Waals surface area (Å²) in [4.78, 5) is 9.58. The first kappa shape index (κ1) is 12.6. The molecule has 2 fully saturated rings. The van der Waals surface area contributed by atoms with Gasteiger partial charge in [0, 0.05) is 24.0 Å². The summed E-state index contributed by atoms with van der Waals surface area (Å²) >= 11 is 5.99. The van der Waals surface area contributed by atoms with Gasteiger partial charge in [0.25, 0.3) is 0 Å². The highest BCUT2D eigenvalue weighted by molar-refractivity contribution is 6.17. The van der Waals surface area contributed by atoms with Crippen LogP contribution in [0.2, 0.25) is 0 Å². The molecule has 2 aromatic heterocycles. The molecule has 2 aliphatic rings. The zero-order chi connectivity index (χ0) is 13.7. The summed E-state index contributed by atoms with van der Waals surface area (Å²) in [7, 11) is 0. The number of aryl methyl sites for hydroxylation is 2. The fourth-order valence-electron chi connectivity index (χ4n) is 3.37. The summed E-state index contributed by atoms with van der Waals surface area (Å²) in [6.45, 7) is 2.06. The number of alkyl halides is 1. The first-order valence-electron chi connectivity index (χ1n) is 7.68. The van der Waals surface area contributed by atoms with Gasteiger partial charge in [-0.15, -0.1) is 11.6 Å². The van der Waals surface area contributed by atoms with Crippen LogP contribution in [0.4, 0.5) is 0 Å². The van der Waals surface area contributed by atoms with Crippen LogP contribution in [-0.4, -0.2) is 20.4 Å². The predicted molar refractivity (Wildman–Crippen MR) is 81.2 cm³/mol. The van der Waals surface area contributed by atoms with Gasteiger partial charge in [-0.25, -0.2) is 9.97 Å². The molecule has 0 unspecified atom stereocenters. The Balaban J connectivity index is 1.88. The lowest BCUT2D eigenvalue weighted by Gasteiger charge is -2.20. The van der Waals surface area contributed by atoms with E-state index in [-0.39, 0.29) is 0 Å². The van der Waals surface area contributed by atoms with Gasteiger partial charge in [0.15, 0.2) is 5.65 Å². The molecule has 2 aromatic rings. The first-order chi connectivity index (χ1) is 9.78. The van der Waals surface area contributed by atoms with E-state index >= 15 is 0 Å². The number of halogens is 1. The zero-order valence-corrected chi connectivity index (χ0v) is 12.6. The third kappa shape index (κ3) is 2.12. The Bertz CT molecular complexity index is 628. The Kier molecular flexibility index (Phi) is 2.99. The Hall–Kier alpha value is -1.09. The van der Waals surface area contributed by atoms with Crippen molar-refractivity contribution in [3.05, 3.63) is 23.7 Å². The molecule has 2 heterocycles. The van der Waals surface area contributed by atoms with Crippen LogP contribution >= 0.6 is 11.6 Å². The summed E-state index contributed by atoms with van der Waals surface area (Å²) < 4.78 is 2.44. The largest absolute Gasteiger partial charge is 0.309 e. The van der Waals surface area contributed by atoms with Gasteiger partial charge in [-0.1, -0.05) is 0 Å². The average Bonchev–Trinajstić information content (AvgIpc) is 3.32. The molecule has 4 rings (SSSR count). The maximum atomic E-state index is 5.99. The van der Waals surface area contributed by atoms with Crippen LogP contribution in [0, 0.1) is 18.8 Å². The second kappa shape index (κ2) is 4.73. The summed E-state index contributed by atoms with van der Waals surface area (Å²) in [5, 5.41) is 0. The molecule has 0 bridgehead atoms.